The molecule has 1 aliphatic carbocycles. The Bertz CT molecular complexity index is 562. The predicted octanol–water partition coefficient (Wildman–Crippen LogP) is 3.04. The van der Waals surface area contributed by atoms with Crippen molar-refractivity contribution in [3.8, 4) is 0 Å². The van der Waals surface area contributed by atoms with Gasteiger partial charge in [0.05, 0.1) is 30.0 Å². The number of hydrogen-bond donors (Lipinski definition) is 0. The summed E-state index contributed by atoms with van der Waals surface area (Å²) < 4.78 is 5.83. The maximum atomic E-state index is 12.9. The predicted molar refractivity (Wildman–Crippen MR) is 84.2 cm³/mol. The van der Waals surface area contributed by atoms with Gasteiger partial charge in [-0.3, -0.25) is 4.79 Å². The largest absolute Gasteiger partial charge is 0.374 e. The molecule has 1 aromatic rings. The third-order valence-corrected chi connectivity index (χ3v) is 4.75. The van der Waals surface area contributed by atoms with Crippen LogP contribution in [-0.2, 0) is 4.74 Å². The molecule has 2 atom stereocenters. The summed E-state index contributed by atoms with van der Waals surface area (Å²) in [6, 6.07) is 0.156. The van der Waals surface area contributed by atoms with E-state index in [2.05, 4.69) is 9.97 Å². The van der Waals surface area contributed by atoms with Crippen LogP contribution in [0.3, 0.4) is 0 Å². The molecule has 6 heteroatoms. The van der Waals surface area contributed by atoms with E-state index in [9.17, 15) is 4.79 Å². The molecule has 1 saturated carbocycles. The SMILES string of the molecule is CC(C)c1ncc(Cl)c(C(=O)N2CCO[C@@H]3CCCC[C@@H]32)n1. The Balaban J connectivity index is 1.87. The Hall–Kier alpha value is -1.20. The van der Waals surface area contributed by atoms with Gasteiger partial charge in [-0.2, -0.15) is 0 Å². The van der Waals surface area contributed by atoms with E-state index in [4.69, 9.17) is 16.3 Å². The summed E-state index contributed by atoms with van der Waals surface area (Å²) in [5.41, 5.74) is 0.326. The van der Waals surface area contributed by atoms with E-state index in [1.807, 2.05) is 18.7 Å². The van der Waals surface area contributed by atoms with Gasteiger partial charge in [-0.1, -0.05) is 38.3 Å². The second-order valence-electron chi connectivity index (χ2n) is 6.34. The molecule has 0 radical (unpaired) electrons. The van der Waals surface area contributed by atoms with Crippen LogP contribution < -0.4 is 0 Å². The zero-order chi connectivity index (χ0) is 15.7. The van der Waals surface area contributed by atoms with Gasteiger partial charge in [0.15, 0.2) is 5.69 Å². The van der Waals surface area contributed by atoms with Crippen LogP contribution >= 0.6 is 11.6 Å². The first kappa shape index (κ1) is 15.7. The summed E-state index contributed by atoms with van der Waals surface area (Å²) in [5, 5.41) is 0.327. The zero-order valence-electron chi connectivity index (χ0n) is 13.1. The second-order valence-corrected chi connectivity index (χ2v) is 6.75. The minimum atomic E-state index is -0.0884. The van der Waals surface area contributed by atoms with E-state index in [1.165, 1.54) is 12.6 Å². The van der Waals surface area contributed by atoms with E-state index >= 15 is 0 Å². The molecule has 1 saturated heterocycles. The number of ether oxygens (including phenoxy) is 1. The van der Waals surface area contributed by atoms with Gasteiger partial charge in [0.2, 0.25) is 0 Å². The number of aromatic nitrogens is 2. The molecule has 0 N–H and O–H groups in total. The first-order valence-corrected chi connectivity index (χ1v) is 8.40. The van der Waals surface area contributed by atoms with Crippen molar-refractivity contribution in [2.45, 2.75) is 57.6 Å². The van der Waals surface area contributed by atoms with Gasteiger partial charge >= 0.3 is 0 Å². The van der Waals surface area contributed by atoms with Gasteiger partial charge in [-0.15, -0.1) is 0 Å². The molecule has 22 heavy (non-hydrogen) atoms. The molecule has 1 aliphatic heterocycles. The third kappa shape index (κ3) is 2.97. The number of carbonyl (C=O) groups is 1. The van der Waals surface area contributed by atoms with Crippen LogP contribution in [0.15, 0.2) is 6.20 Å². The average molecular weight is 324 g/mol. The van der Waals surface area contributed by atoms with E-state index in [-0.39, 0.29) is 24.0 Å². The normalized spacial score (nSPS) is 25.2. The molecule has 2 fully saturated rings. The molecule has 0 spiro atoms. The number of morpholine rings is 1. The fourth-order valence-electron chi connectivity index (χ4n) is 3.29. The topological polar surface area (TPSA) is 55.3 Å². The van der Waals surface area contributed by atoms with E-state index in [1.54, 1.807) is 0 Å². The van der Waals surface area contributed by atoms with Gasteiger partial charge in [-0.25, -0.2) is 9.97 Å². The standard InChI is InChI=1S/C16H22ClN3O2/c1-10(2)15-18-9-11(17)14(19-15)16(21)20-7-8-22-13-6-4-3-5-12(13)20/h9-10,12-13H,3-8H2,1-2H3/t12-,13+/m0/s1. The molecule has 1 aromatic heterocycles. The van der Waals surface area contributed by atoms with Crippen molar-refractivity contribution in [1.82, 2.24) is 14.9 Å². The number of hydrogen-bond acceptors (Lipinski definition) is 4. The lowest BCUT2D eigenvalue weighted by atomic mass is 9.90. The van der Waals surface area contributed by atoms with Gasteiger partial charge < -0.3 is 9.64 Å². The van der Waals surface area contributed by atoms with Crippen molar-refractivity contribution in [1.29, 1.82) is 0 Å². The molecule has 0 bridgehead atoms. The fraction of sp³-hybridized carbons (Fsp3) is 0.688. The van der Waals surface area contributed by atoms with Crippen molar-refractivity contribution < 1.29 is 9.53 Å². The number of amides is 1. The summed E-state index contributed by atoms with van der Waals surface area (Å²) >= 11 is 6.19. The monoisotopic (exact) mass is 323 g/mol. The van der Waals surface area contributed by atoms with Gasteiger partial charge in [-0.05, 0) is 12.8 Å². The lowest BCUT2D eigenvalue weighted by Crippen LogP contribution is -2.55. The Morgan fingerprint density at radius 2 is 2.18 bits per heavy atom. The average Bonchev–Trinajstić information content (AvgIpc) is 2.54. The summed E-state index contributed by atoms with van der Waals surface area (Å²) in [6.07, 6.45) is 6.05. The maximum Gasteiger partial charge on any atom is 0.274 e. The van der Waals surface area contributed by atoms with Crippen molar-refractivity contribution in [3.63, 3.8) is 0 Å². The number of halogens is 1. The molecule has 5 nitrogen and oxygen atoms in total. The van der Waals surface area contributed by atoms with Crippen LogP contribution in [0.4, 0.5) is 0 Å². The van der Waals surface area contributed by atoms with E-state index in [0.29, 0.717) is 29.7 Å². The van der Waals surface area contributed by atoms with Crippen molar-refractivity contribution in [2.75, 3.05) is 13.2 Å². The number of fused-ring (bicyclic) bond motifs is 1. The van der Waals surface area contributed by atoms with Gasteiger partial charge in [0, 0.05) is 12.5 Å². The molecule has 3 rings (SSSR count). The highest BCUT2D eigenvalue weighted by Crippen LogP contribution is 2.30. The summed E-state index contributed by atoms with van der Waals surface area (Å²) in [7, 11) is 0. The first-order chi connectivity index (χ1) is 10.6. The highest BCUT2D eigenvalue weighted by molar-refractivity contribution is 6.33. The summed E-state index contributed by atoms with van der Waals surface area (Å²) in [5.74, 6) is 0.728. The van der Waals surface area contributed by atoms with E-state index in [0.717, 1.165) is 19.3 Å². The minimum absolute atomic E-state index is 0.0884. The van der Waals surface area contributed by atoms with Gasteiger partial charge in [0.25, 0.3) is 5.91 Å². The lowest BCUT2D eigenvalue weighted by Gasteiger charge is -2.43. The van der Waals surface area contributed by atoms with Crippen LogP contribution in [0.1, 0.15) is 61.8 Å². The van der Waals surface area contributed by atoms with E-state index < -0.39 is 0 Å². The quantitative estimate of drug-likeness (QED) is 0.839. The molecule has 120 valence electrons. The molecular formula is C16H22ClN3O2. The summed E-state index contributed by atoms with van der Waals surface area (Å²) in [4.78, 5) is 23.5. The Morgan fingerprint density at radius 3 is 2.95 bits per heavy atom. The smallest absolute Gasteiger partial charge is 0.274 e. The van der Waals surface area contributed by atoms with Crippen LogP contribution in [0.5, 0.6) is 0 Å². The molecule has 2 heterocycles. The minimum Gasteiger partial charge on any atom is -0.374 e. The Labute approximate surface area is 136 Å². The summed E-state index contributed by atoms with van der Waals surface area (Å²) in [6.45, 7) is 5.21. The van der Waals surface area contributed by atoms with Crippen molar-refractivity contribution >= 4 is 17.5 Å². The Kier molecular flexibility index (Phi) is 4.64. The molecule has 1 amide bonds. The molecule has 2 aliphatic rings. The first-order valence-electron chi connectivity index (χ1n) is 8.03. The number of nitrogens with zero attached hydrogens (tertiary/aromatic N) is 3. The number of carbonyl (C=O) groups excluding carboxylic acids is 1. The van der Waals surface area contributed by atoms with Crippen LogP contribution in [0.2, 0.25) is 5.02 Å². The third-order valence-electron chi connectivity index (χ3n) is 4.47. The van der Waals surface area contributed by atoms with Crippen LogP contribution in [-0.4, -0.2) is 46.1 Å². The highest BCUT2D eigenvalue weighted by Gasteiger charge is 2.38. The van der Waals surface area contributed by atoms with Crippen molar-refractivity contribution in [2.24, 2.45) is 0 Å². The maximum absolute atomic E-state index is 12.9. The van der Waals surface area contributed by atoms with Crippen LogP contribution in [0, 0.1) is 0 Å². The fourth-order valence-corrected chi connectivity index (χ4v) is 3.47. The second kappa shape index (κ2) is 6.50. The van der Waals surface area contributed by atoms with Crippen LogP contribution in [0.25, 0.3) is 0 Å². The zero-order valence-corrected chi connectivity index (χ0v) is 13.8. The van der Waals surface area contributed by atoms with Crippen molar-refractivity contribution in [3.05, 3.63) is 22.7 Å². The van der Waals surface area contributed by atoms with Gasteiger partial charge in [0.1, 0.15) is 5.82 Å². The Morgan fingerprint density at radius 1 is 1.41 bits per heavy atom. The molecule has 0 unspecified atom stereocenters. The molecule has 0 aromatic carbocycles. The number of rotatable bonds is 2. The highest BCUT2D eigenvalue weighted by atomic mass is 35.5. The lowest BCUT2D eigenvalue weighted by molar-refractivity contribution is -0.0754. The molecular weight excluding hydrogens is 302 g/mol.